The van der Waals surface area contributed by atoms with Gasteiger partial charge < -0.3 is 10.5 Å². The van der Waals surface area contributed by atoms with Crippen molar-refractivity contribution in [1.82, 2.24) is 9.97 Å². The normalized spacial score (nSPS) is 18.0. The van der Waals surface area contributed by atoms with Crippen molar-refractivity contribution in [3.05, 3.63) is 18.7 Å². The second kappa shape index (κ2) is 5.12. The summed E-state index contributed by atoms with van der Waals surface area (Å²) in [7, 11) is 0. The van der Waals surface area contributed by atoms with Crippen LogP contribution in [0.2, 0.25) is 0 Å². The summed E-state index contributed by atoms with van der Waals surface area (Å²) in [4.78, 5) is 31.2. The Balaban J connectivity index is 2.16. The Hall–Kier alpha value is -1.98. The SMILES string of the molecule is NC(=O)C1(C(=O)Oc2cncnc2)CCCCC1. The van der Waals surface area contributed by atoms with E-state index in [1.54, 1.807) is 0 Å². The van der Waals surface area contributed by atoms with Crippen molar-refractivity contribution in [1.29, 1.82) is 0 Å². The highest BCUT2D eigenvalue weighted by Crippen LogP contribution is 2.37. The van der Waals surface area contributed by atoms with Gasteiger partial charge in [-0.1, -0.05) is 19.3 Å². The van der Waals surface area contributed by atoms with Gasteiger partial charge in [0.15, 0.2) is 5.75 Å². The molecule has 1 saturated carbocycles. The predicted octanol–water partition coefficient (Wildman–Crippen LogP) is 0.818. The molecular weight excluding hydrogens is 234 g/mol. The molecule has 1 aliphatic rings. The Morgan fingerprint density at radius 3 is 2.33 bits per heavy atom. The van der Waals surface area contributed by atoms with Crippen LogP contribution in [0.1, 0.15) is 32.1 Å². The van der Waals surface area contributed by atoms with Crippen LogP contribution in [-0.2, 0) is 9.59 Å². The van der Waals surface area contributed by atoms with Crippen molar-refractivity contribution in [2.24, 2.45) is 11.1 Å². The summed E-state index contributed by atoms with van der Waals surface area (Å²) in [5.74, 6) is -0.970. The van der Waals surface area contributed by atoms with Crippen LogP contribution in [-0.4, -0.2) is 21.8 Å². The number of carbonyl (C=O) groups is 2. The minimum Gasteiger partial charge on any atom is -0.422 e. The highest BCUT2D eigenvalue weighted by molar-refractivity contribution is 6.02. The molecule has 0 saturated heterocycles. The van der Waals surface area contributed by atoms with Gasteiger partial charge in [0.2, 0.25) is 5.91 Å². The molecule has 0 atom stereocenters. The van der Waals surface area contributed by atoms with E-state index >= 15 is 0 Å². The van der Waals surface area contributed by atoms with Crippen molar-refractivity contribution < 1.29 is 14.3 Å². The molecular formula is C12H15N3O3. The summed E-state index contributed by atoms with van der Waals surface area (Å²) in [5, 5.41) is 0. The first-order valence-electron chi connectivity index (χ1n) is 5.92. The molecule has 1 fully saturated rings. The lowest BCUT2D eigenvalue weighted by atomic mass is 9.73. The van der Waals surface area contributed by atoms with Crippen LogP contribution >= 0.6 is 0 Å². The molecule has 0 bridgehead atoms. The summed E-state index contributed by atoms with van der Waals surface area (Å²) in [6.45, 7) is 0. The van der Waals surface area contributed by atoms with E-state index in [2.05, 4.69) is 9.97 Å². The summed E-state index contributed by atoms with van der Waals surface area (Å²) in [6.07, 6.45) is 7.62. The number of ether oxygens (including phenoxy) is 1. The summed E-state index contributed by atoms with van der Waals surface area (Å²) >= 11 is 0. The number of primary amides is 1. The largest absolute Gasteiger partial charge is 0.422 e. The van der Waals surface area contributed by atoms with Crippen LogP contribution in [0.25, 0.3) is 0 Å². The maximum absolute atomic E-state index is 12.2. The second-order valence-electron chi connectivity index (χ2n) is 4.47. The predicted molar refractivity (Wildman–Crippen MR) is 62.4 cm³/mol. The molecule has 6 nitrogen and oxygen atoms in total. The smallest absolute Gasteiger partial charge is 0.327 e. The van der Waals surface area contributed by atoms with E-state index < -0.39 is 17.3 Å². The molecule has 1 heterocycles. The number of carbonyl (C=O) groups excluding carboxylic acids is 2. The number of esters is 1. The molecule has 0 aliphatic heterocycles. The Morgan fingerprint density at radius 1 is 1.17 bits per heavy atom. The number of nitrogens with two attached hydrogens (primary N) is 1. The Bertz CT molecular complexity index is 441. The van der Waals surface area contributed by atoms with Crippen LogP contribution in [0, 0.1) is 5.41 Å². The molecule has 1 aromatic heterocycles. The fourth-order valence-electron chi connectivity index (χ4n) is 2.25. The van der Waals surface area contributed by atoms with Gasteiger partial charge in [0.05, 0.1) is 12.4 Å². The lowest BCUT2D eigenvalue weighted by Crippen LogP contribution is -2.47. The van der Waals surface area contributed by atoms with E-state index in [4.69, 9.17) is 10.5 Å². The van der Waals surface area contributed by atoms with Crippen molar-refractivity contribution in [3.63, 3.8) is 0 Å². The van der Waals surface area contributed by atoms with Crippen molar-refractivity contribution in [2.45, 2.75) is 32.1 Å². The van der Waals surface area contributed by atoms with E-state index in [-0.39, 0.29) is 5.75 Å². The van der Waals surface area contributed by atoms with Gasteiger partial charge in [0, 0.05) is 0 Å². The number of aromatic nitrogens is 2. The van der Waals surface area contributed by atoms with Gasteiger partial charge in [-0.05, 0) is 12.8 Å². The number of hydrogen-bond acceptors (Lipinski definition) is 5. The van der Waals surface area contributed by atoms with Crippen molar-refractivity contribution in [3.8, 4) is 5.75 Å². The Kier molecular flexibility index (Phi) is 3.55. The van der Waals surface area contributed by atoms with Gasteiger partial charge >= 0.3 is 5.97 Å². The Morgan fingerprint density at radius 2 is 1.78 bits per heavy atom. The summed E-state index contributed by atoms with van der Waals surface area (Å²) in [5.41, 5.74) is 4.20. The fourth-order valence-corrected chi connectivity index (χ4v) is 2.25. The fraction of sp³-hybridized carbons (Fsp3) is 0.500. The van der Waals surface area contributed by atoms with Gasteiger partial charge in [-0.3, -0.25) is 9.59 Å². The standard InChI is InChI=1S/C12H15N3O3/c13-10(16)12(4-2-1-3-5-12)11(17)18-9-6-14-8-15-7-9/h6-8H,1-5H2,(H2,13,16). The minimum absolute atomic E-state index is 0.230. The van der Waals surface area contributed by atoms with Gasteiger partial charge in [-0.2, -0.15) is 0 Å². The first-order valence-corrected chi connectivity index (χ1v) is 5.92. The number of rotatable bonds is 3. The molecule has 6 heteroatoms. The van der Waals surface area contributed by atoms with Crippen LogP contribution in [0.15, 0.2) is 18.7 Å². The van der Waals surface area contributed by atoms with E-state index in [0.29, 0.717) is 12.8 Å². The first kappa shape index (κ1) is 12.5. The molecule has 1 aromatic rings. The maximum Gasteiger partial charge on any atom is 0.327 e. The molecule has 0 aromatic carbocycles. The van der Waals surface area contributed by atoms with Crippen LogP contribution in [0.5, 0.6) is 5.75 Å². The third kappa shape index (κ3) is 2.32. The molecule has 96 valence electrons. The first-order chi connectivity index (χ1) is 8.65. The lowest BCUT2D eigenvalue weighted by molar-refractivity contribution is -0.154. The molecule has 1 aliphatic carbocycles. The van der Waals surface area contributed by atoms with Crippen molar-refractivity contribution >= 4 is 11.9 Å². The average Bonchev–Trinajstić information content (AvgIpc) is 2.40. The van der Waals surface area contributed by atoms with Gasteiger partial charge in [0.1, 0.15) is 11.7 Å². The van der Waals surface area contributed by atoms with E-state index in [9.17, 15) is 9.59 Å². The highest BCUT2D eigenvalue weighted by atomic mass is 16.5. The summed E-state index contributed by atoms with van der Waals surface area (Å²) in [6, 6.07) is 0. The number of nitrogens with zero attached hydrogens (tertiary/aromatic N) is 2. The third-order valence-electron chi connectivity index (χ3n) is 3.32. The molecule has 2 N–H and O–H groups in total. The zero-order valence-electron chi connectivity index (χ0n) is 9.96. The van der Waals surface area contributed by atoms with Gasteiger partial charge in [0.25, 0.3) is 0 Å². The lowest BCUT2D eigenvalue weighted by Gasteiger charge is -2.31. The zero-order chi connectivity index (χ0) is 13.0. The topological polar surface area (TPSA) is 95.2 Å². The van der Waals surface area contributed by atoms with Crippen molar-refractivity contribution in [2.75, 3.05) is 0 Å². The molecule has 1 amide bonds. The van der Waals surface area contributed by atoms with Gasteiger partial charge in [-0.15, -0.1) is 0 Å². The quantitative estimate of drug-likeness (QED) is 0.632. The molecule has 0 unspecified atom stereocenters. The molecule has 0 radical (unpaired) electrons. The summed E-state index contributed by atoms with van der Waals surface area (Å²) < 4.78 is 5.15. The number of amides is 1. The molecule has 18 heavy (non-hydrogen) atoms. The maximum atomic E-state index is 12.2. The van der Waals surface area contributed by atoms with Gasteiger partial charge in [-0.25, -0.2) is 9.97 Å². The van der Waals surface area contributed by atoms with E-state index in [1.807, 2.05) is 0 Å². The van der Waals surface area contributed by atoms with Crippen LogP contribution < -0.4 is 10.5 Å². The monoisotopic (exact) mass is 249 g/mol. The van der Waals surface area contributed by atoms with Crippen LogP contribution in [0.4, 0.5) is 0 Å². The Labute approximate surface area is 105 Å². The average molecular weight is 249 g/mol. The minimum atomic E-state index is -1.19. The second-order valence-corrected chi connectivity index (χ2v) is 4.47. The van der Waals surface area contributed by atoms with Crippen LogP contribution in [0.3, 0.4) is 0 Å². The zero-order valence-corrected chi connectivity index (χ0v) is 9.96. The highest BCUT2D eigenvalue weighted by Gasteiger charge is 2.46. The third-order valence-corrected chi connectivity index (χ3v) is 3.32. The molecule has 2 rings (SSSR count). The van der Waals surface area contributed by atoms with E-state index in [1.165, 1.54) is 18.7 Å². The van der Waals surface area contributed by atoms with E-state index in [0.717, 1.165) is 19.3 Å². The molecule has 0 spiro atoms. The number of hydrogen-bond donors (Lipinski definition) is 1.